The fourth-order valence-electron chi connectivity index (χ4n) is 2.84. The minimum Gasteiger partial charge on any atom is -0.326 e. The molecule has 2 aliphatic rings. The van der Waals surface area contributed by atoms with Gasteiger partial charge in [-0.1, -0.05) is 0 Å². The lowest BCUT2D eigenvalue weighted by atomic mass is 10.3. The zero-order chi connectivity index (χ0) is 15.0. The summed E-state index contributed by atoms with van der Waals surface area (Å²) < 4.78 is 26.4. The number of carbonyl (C=O) groups excluding carboxylic acids is 1. The van der Waals surface area contributed by atoms with E-state index in [2.05, 4.69) is 0 Å². The van der Waals surface area contributed by atoms with Crippen molar-refractivity contribution in [1.82, 2.24) is 4.31 Å². The average Bonchev–Trinajstić information content (AvgIpc) is 3.08. The summed E-state index contributed by atoms with van der Waals surface area (Å²) in [4.78, 5) is 13.6. The second-order valence-corrected chi connectivity index (χ2v) is 7.49. The van der Waals surface area contributed by atoms with Crippen molar-refractivity contribution in [2.75, 3.05) is 24.5 Å². The van der Waals surface area contributed by atoms with E-state index in [-0.39, 0.29) is 29.3 Å². The first-order valence-electron chi connectivity index (χ1n) is 7.14. The molecule has 2 saturated heterocycles. The van der Waals surface area contributed by atoms with E-state index in [1.807, 2.05) is 0 Å². The van der Waals surface area contributed by atoms with Crippen LogP contribution in [-0.2, 0) is 14.8 Å². The van der Waals surface area contributed by atoms with Crippen LogP contribution in [-0.4, -0.2) is 44.3 Å². The molecule has 8 heteroatoms. The van der Waals surface area contributed by atoms with Gasteiger partial charge in [-0.2, -0.15) is 4.31 Å². The highest BCUT2D eigenvalue weighted by atomic mass is 35.5. The molecule has 1 aromatic rings. The van der Waals surface area contributed by atoms with E-state index in [0.29, 0.717) is 32.5 Å². The number of hydrogen-bond donors (Lipinski definition) is 1. The van der Waals surface area contributed by atoms with Crippen molar-refractivity contribution in [1.29, 1.82) is 0 Å². The molecule has 122 valence electrons. The first-order valence-corrected chi connectivity index (χ1v) is 8.58. The summed E-state index contributed by atoms with van der Waals surface area (Å²) in [6, 6.07) is 6.46. The highest BCUT2D eigenvalue weighted by Gasteiger charge is 2.31. The highest BCUT2D eigenvalue weighted by Crippen LogP contribution is 2.25. The predicted molar refractivity (Wildman–Crippen MR) is 86.6 cm³/mol. The Bertz CT molecular complexity index is 648. The number of hydrogen-bond acceptors (Lipinski definition) is 4. The number of amides is 1. The van der Waals surface area contributed by atoms with Crippen molar-refractivity contribution < 1.29 is 13.2 Å². The summed E-state index contributed by atoms with van der Waals surface area (Å²) in [5.74, 6) is 0.0936. The normalized spacial score (nSPS) is 22.9. The van der Waals surface area contributed by atoms with Gasteiger partial charge >= 0.3 is 0 Å². The Balaban J connectivity index is 0.00000176. The maximum atomic E-state index is 12.5. The summed E-state index contributed by atoms with van der Waals surface area (Å²) in [6.07, 6.45) is 2.11. The molecular weight excluding hydrogens is 326 g/mol. The van der Waals surface area contributed by atoms with Crippen LogP contribution in [0.3, 0.4) is 0 Å². The largest absolute Gasteiger partial charge is 0.326 e. The number of rotatable bonds is 3. The second-order valence-electron chi connectivity index (χ2n) is 5.55. The maximum Gasteiger partial charge on any atom is 0.243 e. The summed E-state index contributed by atoms with van der Waals surface area (Å²) in [5, 5.41) is 0. The van der Waals surface area contributed by atoms with Gasteiger partial charge in [0.05, 0.1) is 4.90 Å². The summed E-state index contributed by atoms with van der Waals surface area (Å²) >= 11 is 0. The van der Waals surface area contributed by atoms with Gasteiger partial charge in [0.2, 0.25) is 15.9 Å². The Hall–Kier alpha value is -1.15. The molecule has 1 atom stereocenters. The predicted octanol–water partition coefficient (Wildman–Crippen LogP) is 0.957. The fraction of sp³-hybridized carbons (Fsp3) is 0.500. The number of nitrogens with two attached hydrogens (primary N) is 1. The molecule has 6 nitrogen and oxygen atoms in total. The Kier molecular flexibility index (Phi) is 5.11. The quantitative estimate of drug-likeness (QED) is 0.884. The molecule has 1 unspecified atom stereocenters. The molecule has 2 heterocycles. The van der Waals surface area contributed by atoms with Crippen molar-refractivity contribution in [2.24, 2.45) is 5.73 Å². The third-order valence-electron chi connectivity index (χ3n) is 4.05. The molecule has 0 spiro atoms. The van der Waals surface area contributed by atoms with Crippen LogP contribution >= 0.6 is 12.4 Å². The van der Waals surface area contributed by atoms with E-state index in [9.17, 15) is 13.2 Å². The van der Waals surface area contributed by atoms with E-state index >= 15 is 0 Å². The van der Waals surface area contributed by atoms with Crippen LogP contribution in [0.2, 0.25) is 0 Å². The van der Waals surface area contributed by atoms with Gasteiger partial charge in [-0.3, -0.25) is 4.79 Å². The van der Waals surface area contributed by atoms with Gasteiger partial charge in [0.25, 0.3) is 0 Å². The average molecular weight is 346 g/mol. The number of benzene rings is 1. The third kappa shape index (κ3) is 3.12. The molecule has 3 rings (SSSR count). The molecule has 0 aromatic heterocycles. The van der Waals surface area contributed by atoms with Crippen molar-refractivity contribution in [3.05, 3.63) is 24.3 Å². The molecule has 0 radical (unpaired) electrons. The number of carbonyl (C=O) groups is 1. The molecular formula is C14H20ClN3O3S. The molecule has 0 saturated carbocycles. The molecule has 2 aliphatic heterocycles. The molecule has 22 heavy (non-hydrogen) atoms. The lowest BCUT2D eigenvalue weighted by Gasteiger charge is -2.18. The van der Waals surface area contributed by atoms with Crippen molar-refractivity contribution >= 4 is 34.0 Å². The molecule has 0 aliphatic carbocycles. The summed E-state index contributed by atoms with van der Waals surface area (Å²) in [7, 11) is -3.48. The van der Waals surface area contributed by atoms with Crippen LogP contribution in [0.4, 0.5) is 5.69 Å². The Morgan fingerprint density at radius 1 is 1.14 bits per heavy atom. The molecule has 1 amide bonds. The monoisotopic (exact) mass is 345 g/mol. The summed E-state index contributed by atoms with van der Waals surface area (Å²) in [6.45, 7) is 1.54. The van der Waals surface area contributed by atoms with Gasteiger partial charge in [-0.15, -0.1) is 12.4 Å². The first kappa shape index (κ1) is 17.2. The van der Waals surface area contributed by atoms with Crippen molar-refractivity contribution in [3.63, 3.8) is 0 Å². The van der Waals surface area contributed by atoms with E-state index in [1.54, 1.807) is 29.2 Å². The Morgan fingerprint density at radius 3 is 2.32 bits per heavy atom. The van der Waals surface area contributed by atoms with Crippen LogP contribution in [0.5, 0.6) is 0 Å². The van der Waals surface area contributed by atoms with Gasteiger partial charge in [-0.05, 0) is 37.1 Å². The van der Waals surface area contributed by atoms with Crippen LogP contribution < -0.4 is 10.6 Å². The van der Waals surface area contributed by atoms with Crippen LogP contribution in [0, 0.1) is 0 Å². The van der Waals surface area contributed by atoms with Crippen LogP contribution in [0.25, 0.3) is 0 Å². The summed E-state index contributed by atoms with van der Waals surface area (Å²) in [5.41, 5.74) is 6.53. The van der Waals surface area contributed by atoms with E-state index in [1.165, 1.54) is 4.31 Å². The van der Waals surface area contributed by atoms with E-state index in [4.69, 9.17) is 5.73 Å². The van der Waals surface area contributed by atoms with Gasteiger partial charge in [-0.25, -0.2) is 8.42 Å². The maximum absolute atomic E-state index is 12.5. The van der Waals surface area contributed by atoms with Crippen molar-refractivity contribution in [2.45, 2.75) is 30.2 Å². The molecule has 0 bridgehead atoms. The number of halogens is 1. The highest BCUT2D eigenvalue weighted by molar-refractivity contribution is 7.89. The van der Waals surface area contributed by atoms with Gasteiger partial charge < -0.3 is 10.6 Å². The van der Waals surface area contributed by atoms with Gasteiger partial charge in [0, 0.05) is 37.8 Å². The van der Waals surface area contributed by atoms with E-state index < -0.39 is 10.0 Å². The Morgan fingerprint density at radius 2 is 1.82 bits per heavy atom. The van der Waals surface area contributed by atoms with Crippen LogP contribution in [0.15, 0.2) is 29.2 Å². The zero-order valence-electron chi connectivity index (χ0n) is 12.1. The SMILES string of the molecule is Cl.NC1CCN(S(=O)(=O)c2ccc(N3CCCC3=O)cc2)C1. The van der Waals surface area contributed by atoms with Crippen LogP contribution in [0.1, 0.15) is 19.3 Å². The van der Waals surface area contributed by atoms with Gasteiger partial charge in [0.15, 0.2) is 0 Å². The number of nitrogens with zero attached hydrogens (tertiary/aromatic N) is 2. The molecule has 1 aromatic carbocycles. The minimum absolute atomic E-state index is 0. The number of sulfonamides is 1. The van der Waals surface area contributed by atoms with Crippen molar-refractivity contribution in [3.8, 4) is 0 Å². The number of anilines is 1. The lowest BCUT2D eigenvalue weighted by Crippen LogP contribution is -2.32. The topological polar surface area (TPSA) is 83.7 Å². The lowest BCUT2D eigenvalue weighted by molar-refractivity contribution is -0.117. The van der Waals surface area contributed by atoms with Gasteiger partial charge in [0.1, 0.15) is 0 Å². The third-order valence-corrected chi connectivity index (χ3v) is 5.93. The minimum atomic E-state index is -3.48. The van der Waals surface area contributed by atoms with E-state index in [0.717, 1.165) is 12.1 Å². The molecule has 2 N–H and O–H groups in total. The first-order chi connectivity index (χ1) is 9.98. The smallest absolute Gasteiger partial charge is 0.243 e. The second kappa shape index (κ2) is 6.54. The standard InChI is InChI=1S/C14H19N3O3S.ClH/c15-11-7-9-16(10-11)21(19,20)13-5-3-12(4-6-13)17-8-1-2-14(17)18;/h3-6,11H,1-2,7-10,15H2;1H. The Labute approximate surface area is 136 Å². The molecule has 2 fully saturated rings. The fourth-order valence-corrected chi connectivity index (χ4v) is 4.35. The zero-order valence-corrected chi connectivity index (χ0v) is 13.8.